The van der Waals surface area contributed by atoms with E-state index in [-0.39, 0.29) is 22.1 Å². The van der Waals surface area contributed by atoms with Crippen LogP contribution in [0.4, 0.5) is 14.6 Å². The number of nitrogens with zero attached hydrogens (tertiary/aromatic N) is 4. The van der Waals surface area contributed by atoms with Gasteiger partial charge in [0.25, 0.3) is 0 Å². The van der Waals surface area contributed by atoms with Crippen LogP contribution in [0.3, 0.4) is 0 Å². The average molecular weight is 542 g/mol. The van der Waals surface area contributed by atoms with E-state index in [0.29, 0.717) is 42.7 Å². The highest BCUT2D eigenvalue weighted by molar-refractivity contribution is 6.33. The molecule has 5 heterocycles. The second kappa shape index (κ2) is 9.17. The van der Waals surface area contributed by atoms with Crippen LogP contribution < -0.4 is 15.0 Å². The molecule has 0 spiro atoms. The summed E-state index contributed by atoms with van der Waals surface area (Å²) >= 11 is 6.34. The van der Waals surface area contributed by atoms with Gasteiger partial charge in [0.2, 0.25) is 0 Å². The third kappa shape index (κ3) is 3.89. The van der Waals surface area contributed by atoms with E-state index < -0.39 is 17.7 Å². The summed E-state index contributed by atoms with van der Waals surface area (Å²) in [7, 11) is 0. The smallest absolute Gasteiger partial charge is 0.319 e. The zero-order valence-corrected chi connectivity index (χ0v) is 21.7. The fourth-order valence-electron chi connectivity index (χ4n) is 7.09. The Bertz CT molecular complexity index is 1390. The number of anilines is 1. The molecule has 0 amide bonds. The van der Waals surface area contributed by atoms with E-state index in [1.165, 1.54) is 12.1 Å². The Hall–Kier alpha value is -2.75. The molecule has 4 aliphatic heterocycles. The number of rotatable bonds is 5. The van der Waals surface area contributed by atoms with Gasteiger partial charge in [-0.2, -0.15) is 9.97 Å². The van der Waals surface area contributed by atoms with Gasteiger partial charge in [-0.05, 0) is 62.1 Å². The van der Waals surface area contributed by atoms with Crippen LogP contribution in [-0.2, 0) is 0 Å². The number of phenols is 1. The van der Waals surface area contributed by atoms with Gasteiger partial charge in [-0.25, -0.2) is 8.78 Å². The Kier molecular flexibility index (Phi) is 5.87. The summed E-state index contributed by atoms with van der Waals surface area (Å²) in [5, 5.41) is 14.5. The van der Waals surface area contributed by atoms with Gasteiger partial charge < -0.3 is 20.1 Å². The van der Waals surface area contributed by atoms with Crippen LogP contribution in [0.5, 0.6) is 11.8 Å². The molecule has 2 aromatic carbocycles. The average Bonchev–Trinajstić information content (AvgIpc) is 3.51. The zero-order valence-electron chi connectivity index (χ0n) is 21.0. The molecule has 7 nitrogen and oxygen atoms in total. The summed E-state index contributed by atoms with van der Waals surface area (Å²) in [6.45, 7) is 3.44. The van der Waals surface area contributed by atoms with Crippen LogP contribution in [0.25, 0.3) is 22.0 Å². The zero-order chi connectivity index (χ0) is 26.0. The molecular formula is C28H30ClF2N5O2. The van der Waals surface area contributed by atoms with Crippen molar-refractivity contribution in [3.05, 3.63) is 41.2 Å². The molecule has 4 saturated heterocycles. The van der Waals surface area contributed by atoms with E-state index in [0.717, 1.165) is 56.5 Å². The molecule has 7 rings (SSSR count). The van der Waals surface area contributed by atoms with E-state index in [1.807, 2.05) is 6.07 Å². The van der Waals surface area contributed by atoms with Crippen molar-refractivity contribution in [3.8, 4) is 22.9 Å². The lowest BCUT2D eigenvalue weighted by atomic mass is 9.95. The van der Waals surface area contributed by atoms with Crippen molar-refractivity contribution < 1.29 is 18.6 Å². The Morgan fingerprint density at radius 3 is 2.79 bits per heavy atom. The van der Waals surface area contributed by atoms with Gasteiger partial charge >= 0.3 is 6.01 Å². The second-order valence-electron chi connectivity index (χ2n) is 11.1. The quantitative estimate of drug-likeness (QED) is 0.485. The maximum atomic E-state index is 14.9. The standard InChI is InChI=1S/C28H30ClF2N5O2/c29-21-6-7-23(37)25(31)24(21)16-2-5-20-22(10-16)33-27(34-26(20)36-18-3-4-19(36)13-32-12-18)38-15-28-8-1-9-35(28)14-17(30)11-28/h2,5-7,10,17-19,32,37H,1,3-4,8-9,11-15H2/t17-,18-,19+,28+/m1/s1. The molecule has 1 aromatic heterocycles. The number of aromatic hydroxyl groups is 1. The van der Waals surface area contributed by atoms with Crippen molar-refractivity contribution in [3.63, 3.8) is 0 Å². The lowest BCUT2D eigenvalue weighted by molar-refractivity contribution is 0.107. The third-order valence-corrected chi connectivity index (χ3v) is 9.19. The fraction of sp³-hybridized carbons (Fsp3) is 0.500. The third-order valence-electron chi connectivity index (χ3n) is 8.87. The number of benzene rings is 2. The molecule has 10 heteroatoms. The molecule has 3 aromatic rings. The van der Waals surface area contributed by atoms with Gasteiger partial charge in [-0.3, -0.25) is 4.90 Å². The van der Waals surface area contributed by atoms with Crippen LogP contribution in [-0.4, -0.2) is 76.6 Å². The van der Waals surface area contributed by atoms with Crippen molar-refractivity contribution >= 4 is 28.3 Å². The van der Waals surface area contributed by atoms with Gasteiger partial charge in [-0.15, -0.1) is 0 Å². The van der Waals surface area contributed by atoms with Crippen LogP contribution in [0.15, 0.2) is 30.3 Å². The molecule has 38 heavy (non-hydrogen) atoms. The molecule has 200 valence electrons. The van der Waals surface area contributed by atoms with Crippen molar-refractivity contribution in [1.29, 1.82) is 0 Å². The van der Waals surface area contributed by atoms with Crippen LogP contribution >= 0.6 is 11.6 Å². The summed E-state index contributed by atoms with van der Waals surface area (Å²) in [6.07, 6.45) is 3.72. The van der Waals surface area contributed by atoms with Gasteiger partial charge in [0.1, 0.15) is 18.6 Å². The highest BCUT2D eigenvalue weighted by Gasteiger charge is 2.49. The lowest BCUT2D eigenvalue weighted by Crippen LogP contribution is -2.52. The Labute approximate surface area is 224 Å². The van der Waals surface area contributed by atoms with E-state index >= 15 is 0 Å². The number of piperazine rings is 1. The van der Waals surface area contributed by atoms with Gasteiger partial charge in [0, 0.05) is 49.1 Å². The highest BCUT2D eigenvalue weighted by Crippen LogP contribution is 2.42. The molecule has 0 saturated carbocycles. The Morgan fingerprint density at radius 1 is 1.16 bits per heavy atom. The minimum atomic E-state index is -0.840. The van der Waals surface area contributed by atoms with Crippen LogP contribution in [0.1, 0.15) is 32.1 Å². The van der Waals surface area contributed by atoms with Gasteiger partial charge in [0.15, 0.2) is 11.6 Å². The molecule has 4 atom stereocenters. The molecular weight excluding hydrogens is 512 g/mol. The van der Waals surface area contributed by atoms with E-state index in [9.17, 15) is 13.9 Å². The minimum absolute atomic E-state index is 0.124. The summed E-state index contributed by atoms with van der Waals surface area (Å²) < 4.78 is 35.5. The minimum Gasteiger partial charge on any atom is -0.505 e. The SMILES string of the molecule is Oc1ccc(Cl)c(-c2ccc3c(N4[C@@H]5CC[C@H]4CNC5)nc(OC[C@@]45CCCN4C[C@H](F)C5)nc3c2)c1F. The predicted molar refractivity (Wildman–Crippen MR) is 142 cm³/mol. The number of aromatic nitrogens is 2. The van der Waals surface area contributed by atoms with E-state index in [2.05, 4.69) is 15.1 Å². The molecule has 0 radical (unpaired) electrons. The van der Waals surface area contributed by atoms with Crippen molar-refractivity contribution in [1.82, 2.24) is 20.2 Å². The Morgan fingerprint density at radius 2 is 1.97 bits per heavy atom. The number of hydrogen-bond donors (Lipinski definition) is 2. The summed E-state index contributed by atoms with van der Waals surface area (Å²) in [5.74, 6) is -0.425. The van der Waals surface area contributed by atoms with Gasteiger partial charge in [-0.1, -0.05) is 17.7 Å². The monoisotopic (exact) mass is 541 g/mol. The molecule has 4 fully saturated rings. The highest BCUT2D eigenvalue weighted by atomic mass is 35.5. The maximum absolute atomic E-state index is 14.9. The number of alkyl halides is 1. The summed E-state index contributed by atoms with van der Waals surface area (Å²) in [5.41, 5.74) is 0.923. The topological polar surface area (TPSA) is 73.8 Å². The maximum Gasteiger partial charge on any atom is 0.319 e. The number of halogens is 3. The van der Waals surface area contributed by atoms with E-state index in [1.54, 1.807) is 12.1 Å². The first-order valence-corrected chi connectivity index (χ1v) is 13.8. The van der Waals surface area contributed by atoms with Crippen LogP contribution in [0.2, 0.25) is 5.02 Å². The second-order valence-corrected chi connectivity index (χ2v) is 11.5. The van der Waals surface area contributed by atoms with Gasteiger partial charge in [0.05, 0.1) is 16.1 Å². The largest absolute Gasteiger partial charge is 0.505 e. The number of phenolic OH excluding ortho intramolecular Hbond substituents is 1. The first-order chi connectivity index (χ1) is 18.4. The fourth-order valence-corrected chi connectivity index (χ4v) is 7.34. The molecule has 0 aliphatic carbocycles. The molecule has 0 unspecified atom stereocenters. The van der Waals surface area contributed by atoms with Crippen molar-refractivity contribution in [2.75, 3.05) is 37.7 Å². The van der Waals surface area contributed by atoms with Crippen molar-refractivity contribution in [2.45, 2.75) is 55.9 Å². The van der Waals surface area contributed by atoms with E-state index in [4.69, 9.17) is 26.3 Å². The summed E-state index contributed by atoms with van der Waals surface area (Å²) in [6, 6.07) is 9.07. The number of fused-ring (bicyclic) bond motifs is 4. The lowest BCUT2D eigenvalue weighted by Gasteiger charge is -2.37. The molecule has 2 bridgehead atoms. The number of hydrogen-bond acceptors (Lipinski definition) is 7. The molecule has 4 aliphatic rings. The Balaban J connectivity index is 1.31. The first kappa shape index (κ1) is 24.3. The first-order valence-electron chi connectivity index (χ1n) is 13.4. The normalized spacial score (nSPS) is 28.8. The summed E-state index contributed by atoms with van der Waals surface area (Å²) in [4.78, 5) is 14.3. The number of ether oxygens (including phenoxy) is 1. The van der Waals surface area contributed by atoms with Crippen molar-refractivity contribution in [2.24, 2.45) is 0 Å². The predicted octanol–water partition coefficient (Wildman–Crippen LogP) is 4.69. The van der Waals surface area contributed by atoms with Crippen LogP contribution in [0, 0.1) is 5.82 Å². The molecule has 2 N–H and O–H groups in total. The number of nitrogens with one attached hydrogen (secondary N) is 1.